The van der Waals surface area contributed by atoms with Crippen molar-refractivity contribution in [2.24, 2.45) is 0 Å². The van der Waals surface area contributed by atoms with Crippen molar-refractivity contribution < 1.29 is 33.0 Å². The van der Waals surface area contributed by atoms with Crippen molar-refractivity contribution in [2.75, 3.05) is 6.54 Å². The number of hydrogen-bond acceptors (Lipinski definition) is 6. The van der Waals surface area contributed by atoms with Crippen molar-refractivity contribution in [1.29, 1.82) is 0 Å². The Labute approximate surface area is 165 Å². The molecular weight excluding hydrogens is 413 g/mol. The Morgan fingerprint density at radius 3 is 2.69 bits per heavy atom. The molecule has 3 N–H and O–H groups in total. The van der Waals surface area contributed by atoms with Gasteiger partial charge in [0.1, 0.15) is 29.2 Å². The highest BCUT2D eigenvalue weighted by Gasteiger charge is 2.30. The first-order valence-corrected chi connectivity index (χ1v) is 9.00. The summed E-state index contributed by atoms with van der Waals surface area (Å²) in [5.74, 6) is -2.43. The maximum absolute atomic E-state index is 12.8. The van der Waals surface area contributed by atoms with Gasteiger partial charge in [-0.2, -0.15) is 18.3 Å². The lowest BCUT2D eigenvalue weighted by molar-refractivity contribution is -0.138. The van der Waals surface area contributed by atoms with E-state index >= 15 is 0 Å². The van der Waals surface area contributed by atoms with Crippen LogP contribution in [0.15, 0.2) is 41.7 Å². The van der Waals surface area contributed by atoms with E-state index < -0.39 is 35.9 Å². The summed E-state index contributed by atoms with van der Waals surface area (Å²) in [4.78, 5) is 26.7. The summed E-state index contributed by atoms with van der Waals surface area (Å²) >= 11 is 1.09. The SMILES string of the molecule is O=C(O)CNC(=O)c1c(O)cc(SCc2cccc(C(F)(F)F)c2)n2ncnc12. The number of alkyl halides is 3. The summed E-state index contributed by atoms with van der Waals surface area (Å²) in [5, 5.41) is 25.3. The molecule has 3 aromatic rings. The first kappa shape index (κ1) is 20.5. The van der Waals surface area contributed by atoms with Gasteiger partial charge in [0.15, 0.2) is 5.65 Å². The summed E-state index contributed by atoms with van der Waals surface area (Å²) in [6.07, 6.45) is -3.32. The number of nitrogens with one attached hydrogen (secondary N) is 1. The van der Waals surface area contributed by atoms with Gasteiger partial charge >= 0.3 is 12.1 Å². The summed E-state index contributed by atoms with van der Waals surface area (Å²) < 4.78 is 39.8. The minimum Gasteiger partial charge on any atom is -0.507 e. The highest BCUT2D eigenvalue weighted by atomic mass is 32.2. The number of aromatic nitrogens is 3. The Bertz CT molecular complexity index is 1080. The molecule has 0 radical (unpaired) electrons. The molecule has 0 saturated heterocycles. The highest BCUT2D eigenvalue weighted by molar-refractivity contribution is 7.98. The number of halogens is 3. The molecule has 0 fully saturated rings. The van der Waals surface area contributed by atoms with Crippen LogP contribution in [0.4, 0.5) is 13.2 Å². The summed E-state index contributed by atoms with van der Waals surface area (Å²) in [5.41, 5.74) is -0.637. The smallest absolute Gasteiger partial charge is 0.416 e. The van der Waals surface area contributed by atoms with Crippen molar-refractivity contribution in [3.63, 3.8) is 0 Å². The number of aliphatic carboxylic acids is 1. The van der Waals surface area contributed by atoms with Crippen LogP contribution in [-0.2, 0) is 16.7 Å². The number of carbonyl (C=O) groups excluding carboxylic acids is 1. The zero-order chi connectivity index (χ0) is 21.2. The molecule has 0 aliphatic heterocycles. The molecule has 29 heavy (non-hydrogen) atoms. The monoisotopic (exact) mass is 426 g/mol. The number of nitrogens with zero attached hydrogens (tertiary/aromatic N) is 3. The predicted molar refractivity (Wildman–Crippen MR) is 95.6 cm³/mol. The number of pyridine rings is 1. The van der Waals surface area contributed by atoms with Crippen molar-refractivity contribution in [2.45, 2.75) is 17.0 Å². The van der Waals surface area contributed by atoms with Crippen LogP contribution >= 0.6 is 11.8 Å². The number of thioether (sulfide) groups is 1. The van der Waals surface area contributed by atoms with Crippen LogP contribution in [0.3, 0.4) is 0 Å². The van der Waals surface area contributed by atoms with Gasteiger partial charge in [0.25, 0.3) is 5.91 Å². The van der Waals surface area contributed by atoms with Gasteiger partial charge in [0, 0.05) is 11.8 Å². The van der Waals surface area contributed by atoms with E-state index in [1.807, 2.05) is 0 Å². The molecule has 0 saturated carbocycles. The third-order valence-corrected chi connectivity index (χ3v) is 4.83. The number of fused-ring (bicyclic) bond motifs is 1. The van der Waals surface area contributed by atoms with Gasteiger partial charge < -0.3 is 15.5 Å². The van der Waals surface area contributed by atoms with Gasteiger partial charge in [-0.05, 0) is 11.6 Å². The average Bonchev–Trinajstić information content (AvgIpc) is 3.13. The molecule has 2 aromatic heterocycles. The molecule has 3 rings (SSSR count). The third kappa shape index (κ3) is 4.59. The Balaban J connectivity index is 1.87. The lowest BCUT2D eigenvalue weighted by Gasteiger charge is -2.11. The standard InChI is InChI=1S/C17H13F3N4O4S/c18-17(19,20)10-3-1-2-9(4-10)7-29-12-5-11(25)14(15-22-8-23-24(12)15)16(28)21-6-13(26)27/h1-5,8,25H,6-7H2,(H,21,28)(H,26,27). The second-order valence-electron chi connectivity index (χ2n) is 5.80. The number of carbonyl (C=O) groups is 2. The number of carboxylic acids is 1. The second kappa shape index (κ2) is 7.99. The van der Waals surface area contributed by atoms with Gasteiger partial charge in [-0.25, -0.2) is 9.50 Å². The number of benzene rings is 1. The van der Waals surface area contributed by atoms with E-state index in [4.69, 9.17) is 5.11 Å². The predicted octanol–water partition coefficient (Wildman–Crippen LogP) is 2.56. The van der Waals surface area contributed by atoms with Gasteiger partial charge in [-0.1, -0.05) is 18.2 Å². The van der Waals surface area contributed by atoms with Crippen molar-refractivity contribution in [3.05, 3.63) is 53.3 Å². The van der Waals surface area contributed by atoms with Crippen molar-refractivity contribution >= 4 is 29.3 Å². The zero-order valence-corrected chi connectivity index (χ0v) is 15.3. The van der Waals surface area contributed by atoms with Crippen LogP contribution in [0.1, 0.15) is 21.5 Å². The number of carboxylic acid groups (broad SMARTS) is 1. The fourth-order valence-electron chi connectivity index (χ4n) is 2.50. The quantitative estimate of drug-likeness (QED) is 0.519. The Morgan fingerprint density at radius 1 is 1.24 bits per heavy atom. The van der Waals surface area contributed by atoms with E-state index in [-0.39, 0.29) is 17.0 Å². The lowest BCUT2D eigenvalue weighted by atomic mass is 10.1. The second-order valence-corrected chi connectivity index (χ2v) is 6.80. The molecule has 2 heterocycles. The molecule has 0 aliphatic carbocycles. The van der Waals surface area contributed by atoms with E-state index in [0.29, 0.717) is 10.6 Å². The maximum Gasteiger partial charge on any atom is 0.416 e. The van der Waals surface area contributed by atoms with Crippen molar-refractivity contribution in [3.8, 4) is 5.75 Å². The average molecular weight is 426 g/mol. The van der Waals surface area contributed by atoms with E-state index in [1.165, 1.54) is 22.7 Å². The van der Waals surface area contributed by atoms with Gasteiger partial charge in [0.2, 0.25) is 0 Å². The molecule has 0 atom stereocenters. The molecule has 0 bridgehead atoms. The van der Waals surface area contributed by atoms with E-state index in [0.717, 1.165) is 30.2 Å². The number of amides is 1. The molecule has 0 unspecified atom stereocenters. The summed E-state index contributed by atoms with van der Waals surface area (Å²) in [6, 6.07) is 6.06. The van der Waals surface area contributed by atoms with Crippen LogP contribution in [-0.4, -0.2) is 43.2 Å². The van der Waals surface area contributed by atoms with E-state index in [2.05, 4.69) is 15.4 Å². The maximum atomic E-state index is 12.8. The minimum atomic E-state index is -4.46. The fraction of sp³-hybridized carbons (Fsp3) is 0.176. The first-order valence-electron chi connectivity index (χ1n) is 8.01. The summed E-state index contributed by atoms with van der Waals surface area (Å²) in [6.45, 7) is -0.648. The number of rotatable bonds is 6. The molecular formula is C17H13F3N4O4S. The van der Waals surface area contributed by atoms with Crippen molar-refractivity contribution in [1.82, 2.24) is 19.9 Å². The van der Waals surface area contributed by atoms with E-state index in [1.54, 1.807) is 0 Å². The zero-order valence-electron chi connectivity index (χ0n) is 14.5. The van der Waals surface area contributed by atoms with E-state index in [9.17, 15) is 27.9 Å². The lowest BCUT2D eigenvalue weighted by Crippen LogP contribution is -2.29. The van der Waals surface area contributed by atoms with Gasteiger partial charge in [-0.3, -0.25) is 9.59 Å². The fourth-order valence-corrected chi connectivity index (χ4v) is 3.44. The third-order valence-electron chi connectivity index (χ3n) is 3.76. The van der Waals surface area contributed by atoms with Gasteiger partial charge in [-0.15, -0.1) is 11.8 Å². The topological polar surface area (TPSA) is 117 Å². The van der Waals surface area contributed by atoms with Crippen LogP contribution < -0.4 is 5.32 Å². The molecule has 0 aliphatic rings. The first-order chi connectivity index (χ1) is 13.7. The Kier molecular flexibility index (Phi) is 5.64. The van der Waals surface area contributed by atoms with Crippen LogP contribution in [0.5, 0.6) is 5.75 Å². The molecule has 1 aromatic carbocycles. The number of hydrogen-bond donors (Lipinski definition) is 3. The Hall–Kier alpha value is -3.28. The number of aromatic hydroxyl groups is 1. The van der Waals surface area contributed by atoms with Gasteiger partial charge in [0.05, 0.1) is 5.56 Å². The van der Waals surface area contributed by atoms with Crippen LogP contribution in [0, 0.1) is 0 Å². The molecule has 8 nitrogen and oxygen atoms in total. The van der Waals surface area contributed by atoms with Crippen LogP contribution in [0.25, 0.3) is 5.65 Å². The molecule has 12 heteroatoms. The highest BCUT2D eigenvalue weighted by Crippen LogP contribution is 2.33. The molecule has 0 spiro atoms. The summed E-state index contributed by atoms with van der Waals surface area (Å²) in [7, 11) is 0. The normalized spacial score (nSPS) is 11.6. The largest absolute Gasteiger partial charge is 0.507 e. The van der Waals surface area contributed by atoms with Crippen LogP contribution in [0.2, 0.25) is 0 Å². The Morgan fingerprint density at radius 2 is 2.00 bits per heavy atom. The minimum absolute atomic E-state index is 0.0144. The molecule has 1 amide bonds. The molecule has 152 valence electrons.